The molecule has 12 heteroatoms. The van der Waals surface area contributed by atoms with E-state index in [1.807, 2.05) is 24.3 Å². The van der Waals surface area contributed by atoms with Gasteiger partial charge in [0.1, 0.15) is 5.82 Å². The number of urea groups is 1. The number of aromatic nitrogens is 2. The molecule has 4 rings (SSSR count). The molecule has 38 heavy (non-hydrogen) atoms. The van der Waals surface area contributed by atoms with Crippen LogP contribution in [0.4, 0.5) is 10.6 Å². The van der Waals surface area contributed by atoms with E-state index in [9.17, 15) is 14.4 Å². The Bertz CT molecular complexity index is 1130. The maximum Gasteiger partial charge on any atom is 0.354 e. The summed E-state index contributed by atoms with van der Waals surface area (Å²) in [5, 5.41) is 2.68. The Kier molecular flexibility index (Phi) is 10.7. The Balaban J connectivity index is 0.00000400. The summed E-state index contributed by atoms with van der Waals surface area (Å²) in [6.45, 7) is 5.65. The quantitative estimate of drug-likeness (QED) is 0.476. The normalized spacial score (nSPS) is 19.7. The van der Waals surface area contributed by atoms with E-state index >= 15 is 0 Å². The summed E-state index contributed by atoms with van der Waals surface area (Å²) >= 11 is 0. The molecule has 0 atom stereocenters. The fourth-order valence-electron chi connectivity index (χ4n) is 5.11. The van der Waals surface area contributed by atoms with Crippen LogP contribution in [0.3, 0.4) is 0 Å². The minimum Gasteiger partial charge on any atom is -0.338 e. The van der Waals surface area contributed by atoms with Gasteiger partial charge in [-0.25, -0.2) is 9.59 Å². The number of nitrogens with one attached hydrogen (secondary N) is 1. The molecule has 11 nitrogen and oxygen atoms in total. The van der Waals surface area contributed by atoms with Gasteiger partial charge in [0, 0.05) is 51.0 Å². The summed E-state index contributed by atoms with van der Waals surface area (Å²) < 4.78 is 1.46. The average Bonchev–Trinajstić information content (AvgIpc) is 2.92. The molecule has 0 unspecified atom stereocenters. The number of piperazine rings is 1. The Labute approximate surface area is 229 Å². The number of carbonyl (C=O) groups excluding carboxylic acids is 2. The Morgan fingerprint density at radius 3 is 2.24 bits per heavy atom. The van der Waals surface area contributed by atoms with Crippen LogP contribution in [0.1, 0.15) is 38.2 Å². The van der Waals surface area contributed by atoms with E-state index in [1.54, 1.807) is 22.1 Å². The van der Waals surface area contributed by atoms with Crippen LogP contribution in [0.15, 0.2) is 41.3 Å². The van der Waals surface area contributed by atoms with Gasteiger partial charge in [-0.2, -0.15) is 4.98 Å². The molecule has 3 amide bonds. The summed E-state index contributed by atoms with van der Waals surface area (Å²) in [7, 11) is 0. The van der Waals surface area contributed by atoms with Crippen LogP contribution >= 0.6 is 12.4 Å². The van der Waals surface area contributed by atoms with Gasteiger partial charge in [-0.05, 0) is 56.0 Å². The molecule has 2 heterocycles. The maximum absolute atomic E-state index is 12.7. The van der Waals surface area contributed by atoms with Crippen molar-refractivity contribution >= 4 is 30.2 Å². The molecule has 0 radical (unpaired) electrons. The highest BCUT2D eigenvalue weighted by molar-refractivity contribution is 5.88. The molecule has 2 fully saturated rings. The van der Waals surface area contributed by atoms with Crippen LogP contribution < -0.4 is 22.5 Å². The number of amides is 3. The van der Waals surface area contributed by atoms with Gasteiger partial charge in [0.2, 0.25) is 5.91 Å². The van der Waals surface area contributed by atoms with E-state index in [-0.39, 0.29) is 36.7 Å². The first-order chi connectivity index (χ1) is 17.9. The predicted molar refractivity (Wildman–Crippen MR) is 150 cm³/mol. The molecule has 2 aliphatic rings. The molecule has 1 aromatic carbocycles. The lowest BCUT2D eigenvalue weighted by atomic mass is 9.90. The van der Waals surface area contributed by atoms with Crippen LogP contribution in [-0.2, 0) is 11.3 Å². The van der Waals surface area contributed by atoms with Gasteiger partial charge in [0.15, 0.2) is 0 Å². The molecule has 208 valence electrons. The Morgan fingerprint density at radius 1 is 1.03 bits per heavy atom. The molecule has 0 spiro atoms. The summed E-state index contributed by atoms with van der Waals surface area (Å²) in [4.78, 5) is 46.8. The van der Waals surface area contributed by atoms with Crippen LogP contribution in [0.2, 0.25) is 0 Å². The number of hydrogen-bond donors (Lipinski definition) is 3. The first-order valence-electron chi connectivity index (χ1n) is 13.1. The molecular formula is C26H39ClN8O3. The van der Waals surface area contributed by atoms with Gasteiger partial charge in [-0.15, -0.1) is 12.4 Å². The molecule has 1 saturated heterocycles. The van der Waals surface area contributed by atoms with Gasteiger partial charge in [0.25, 0.3) is 0 Å². The van der Waals surface area contributed by atoms with Crippen molar-refractivity contribution in [1.82, 2.24) is 24.3 Å². The fourth-order valence-corrected chi connectivity index (χ4v) is 5.11. The van der Waals surface area contributed by atoms with Crippen molar-refractivity contribution in [3.05, 3.63) is 52.6 Å². The van der Waals surface area contributed by atoms with Crippen molar-refractivity contribution in [2.45, 2.75) is 51.2 Å². The molecule has 2 aromatic rings. The van der Waals surface area contributed by atoms with Gasteiger partial charge in [0.05, 0.1) is 12.2 Å². The second-order valence-electron chi connectivity index (χ2n) is 9.77. The fraction of sp³-hybridized carbons (Fsp3) is 0.538. The number of benzene rings is 1. The lowest BCUT2D eigenvalue weighted by molar-refractivity contribution is -0.131. The zero-order chi connectivity index (χ0) is 26.4. The molecule has 1 aromatic heterocycles. The predicted octanol–water partition coefficient (Wildman–Crippen LogP) is 1.38. The highest BCUT2D eigenvalue weighted by atomic mass is 35.5. The zero-order valence-corrected chi connectivity index (χ0v) is 22.7. The van der Waals surface area contributed by atoms with E-state index < -0.39 is 5.69 Å². The third-order valence-corrected chi connectivity index (χ3v) is 7.40. The Morgan fingerprint density at radius 2 is 1.66 bits per heavy atom. The smallest absolute Gasteiger partial charge is 0.338 e. The highest BCUT2D eigenvalue weighted by Crippen LogP contribution is 2.23. The molecule has 1 aliphatic carbocycles. The minimum absolute atomic E-state index is 0. The second kappa shape index (κ2) is 13.7. The van der Waals surface area contributed by atoms with E-state index in [2.05, 4.69) is 22.1 Å². The molecule has 5 N–H and O–H groups in total. The van der Waals surface area contributed by atoms with E-state index in [4.69, 9.17) is 11.5 Å². The zero-order valence-electron chi connectivity index (χ0n) is 21.9. The second-order valence-corrected chi connectivity index (χ2v) is 9.77. The number of nitrogens with zero attached hydrogens (tertiary/aromatic N) is 5. The van der Waals surface area contributed by atoms with Gasteiger partial charge < -0.3 is 21.3 Å². The number of nitrogens with two attached hydrogens (primary N) is 2. The van der Waals surface area contributed by atoms with E-state index in [0.29, 0.717) is 44.0 Å². The van der Waals surface area contributed by atoms with Gasteiger partial charge in [-0.3, -0.25) is 19.6 Å². The van der Waals surface area contributed by atoms with Crippen molar-refractivity contribution in [1.29, 1.82) is 0 Å². The molecule has 0 bridgehead atoms. The number of anilines is 1. The van der Waals surface area contributed by atoms with Crippen LogP contribution in [0.25, 0.3) is 5.69 Å². The summed E-state index contributed by atoms with van der Waals surface area (Å²) in [5.41, 5.74) is 12.9. The largest absolute Gasteiger partial charge is 0.354 e. The topological polar surface area (TPSA) is 143 Å². The van der Waals surface area contributed by atoms with Crippen molar-refractivity contribution in [2.75, 3.05) is 44.6 Å². The third-order valence-electron chi connectivity index (χ3n) is 7.40. The van der Waals surface area contributed by atoms with Crippen LogP contribution in [-0.4, -0.2) is 87.5 Å². The monoisotopic (exact) mass is 546 g/mol. The van der Waals surface area contributed by atoms with Gasteiger partial charge in [-0.1, -0.05) is 19.1 Å². The number of rotatable bonds is 7. The van der Waals surface area contributed by atoms with Crippen molar-refractivity contribution < 1.29 is 9.59 Å². The van der Waals surface area contributed by atoms with Crippen molar-refractivity contribution in [3.8, 4) is 5.69 Å². The lowest BCUT2D eigenvalue weighted by Crippen LogP contribution is -2.52. The van der Waals surface area contributed by atoms with Crippen molar-refractivity contribution in [3.63, 3.8) is 0 Å². The van der Waals surface area contributed by atoms with E-state index in [1.165, 1.54) is 10.1 Å². The Hall–Kier alpha value is -2.99. The highest BCUT2D eigenvalue weighted by Gasteiger charge is 2.24. The summed E-state index contributed by atoms with van der Waals surface area (Å²) in [6, 6.07) is 10.1. The molecule has 1 aliphatic heterocycles. The lowest BCUT2D eigenvalue weighted by Gasteiger charge is -2.35. The van der Waals surface area contributed by atoms with Gasteiger partial charge >= 0.3 is 11.7 Å². The first kappa shape index (κ1) is 29.6. The molecule has 1 saturated carbocycles. The van der Waals surface area contributed by atoms with Crippen LogP contribution in [0.5, 0.6) is 0 Å². The average molecular weight is 547 g/mol. The maximum atomic E-state index is 12.7. The van der Waals surface area contributed by atoms with E-state index in [0.717, 1.165) is 38.8 Å². The SMILES string of the molecule is CCN(Cc1ccc(-n2ccc(NC(=O)N3CCN(C(=O)CN)CC3)nc2=O)cc1)C1CCC(N)CC1.Cl. The standard InChI is InChI=1S/C26H38N8O3.ClH/c1-2-31(21-9-5-20(28)6-10-21)18-19-3-7-22(8-4-19)34-12-11-23(30-26(34)37)29-25(36)33-15-13-32(14-16-33)24(35)17-27;/h3-4,7-8,11-12,20-21H,2,5-6,9-10,13-18,27-28H2,1H3,(H,29,30,36,37);1H. The number of carbonyl (C=O) groups is 2. The van der Waals surface area contributed by atoms with Crippen molar-refractivity contribution in [2.24, 2.45) is 11.5 Å². The summed E-state index contributed by atoms with van der Waals surface area (Å²) in [6.07, 6.45) is 6.06. The number of hydrogen-bond acceptors (Lipinski definition) is 7. The molecular weight excluding hydrogens is 508 g/mol. The van der Waals surface area contributed by atoms with Crippen LogP contribution in [0, 0.1) is 0 Å². The number of halogens is 1. The third kappa shape index (κ3) is 7.31. The summed E-state index contributed by atoms with van der Waals surface area (Å²) in [5.74, 6) is 0.0598. The first-order valence-corrected chi connectivity index (χ1v) is 13.1. The minimum atomic E-state index is -0.474.